The molecule has 1 aromatic carbocycles. The van der Waals surface area contributed by atoms with Crippen LogP contribution in [-0.4, -0.2) is 29.6 Å². The van der Waals surface area contributed by atoms with Crippen molar-refractivity contribution in [1.82, 2.24) is 4.90 Å². The van der Waals surface area contributed by atoms with Crippen molar-refractivity contribution in [2.45, 2.75) is 25.7 Å². The van der Waals surface area contributed by atoms with E-state index >= 15 is 0 Å². The van der Waals surface area contributed by atoms with Gasteiger partial charge in [-0.2, -0.15) is 4.39 Å². The Morgan fingerprint density at radius 2 is 2.00 bits per heavy atom. The average molecular weight is 224 g/mol. The largest absolute Gasteiger partial charge is 0.591 e. The van der Waals surface area contributed by atoms with E-state index in [1.165, 1.54) is 32.0 Å². The molecule has 1 aliphatic rings. The first-order chi connectivity index (χ1) is 7.75. The van der Waals surface area contributed by atoms with Gasteiger partial charge in [-0.3, -0.25) is 0 Å². The van der Waals surface area contributed by atoms with Gasteiger partial charge in [-0.25, -0.2) is 0 Å². The Morgan fingerprint density at radius 1 is 1.25 bits per heavy atom. The van der Waals surface area contributed by atoms with E-state index in [0.717, 1.165) is 24.9 Å². The van der Waals surface area contributed by atoms with Crippen molar-refractivity contribution in [3.05, 3.63) is 29.6 Å². The summed E-state index contributed by atoms with van der Waals surface area (Å²) in [4.78, 5) is 2.47. The molecule has 2 N–H and O–H groups in total. The van der Waals surface area contributed by atoms with Crippen molar-refractivity contribution in [2.24, 2.45) is 0 Å². The molecule has 3 heteroatoms. The second-order valence-corrected chi connectivity index (χ2v) is 4.47. The van der Waals surface area contributed by atoms with Gasteiger partial charge in [0.25, 0.3) is 5.75 Å². The van der Waals surface area contributed by atoms with Gasteiger partial charge in [0.05, 0.1) is 0 Å². The van der Waals surface area contributed by atoms with Gasteiger partial charge < -0.3 is 10.0 Å². The zero-order valence-electron chi connectivity index (χ0n) is 9.51. The fraction of sp³-hybridized carbons (Fsp3) is 0.538. The van der Waals surface area contributed by atoms with Crippen molar-refractivity contribution >= 4 is 0 Å². The third-order valence-electron chi connectivity index (χ3n) is 3.17. The molecule has 0 aromatic heterocycles. The maximum absolute atomic E-state index is 13.1. The minimum atomic E-state index is -0.404. The lowest BCUT2D eigenvalue weighted by atomic mass is 10.1. The van der Waals surface area contributed by atoms with Crippen molar-refractivity contribution < 1.29 is 9.50 Å². The number of halogens is 1. The third-order valence-corrected chi connectivity index (χ3v) is 3.17. The van der Waals surface area contributed by atoms with E-state index in [9.17, 15) is 4.39 Å². The molecule has 0 amide bonds. The molecule has 0 saturated carbocycles. The minimum absolute atomic E-state index is 0.0108. The standard InChI is InChI=1S/C13H18FNO/c14-12-10-11(5-6-13(12)16)4-3-9-15-7-1-2-8-15/h5-6,10,16H,1-4,7-9H2/p+1. The van der Waals surface area contributed by atoms with E-state index in [1.54, 1.807) is 6.07 Å². The van der Waals surface area contributed by atoms with Crippen LogP contribution in [0.15, 0.2) is 18.2 Å². The quantitative estimate of drug-likeness (QED) is 0.721. The second kappa shape index (κ2) is 5.30. The Bertz CT molecular complexity index is 348. The first-order valence-corrected chi connectivity index (χ1v) is 5.98. The summed E-state index contributed by atoms with van der Waals surface area (Å²) in [7, 11) is 0. The Morgan fingerprint density at radius 3 is 2.69 bits per heavy atom. The molecule has 1 fully saturated rings. The van der Waals surface area contributed by atoms with E-state index in [2.05, 4.69) is 4.90 Å². The fourth-order valence-electron chi connectivity index (χ4n) is 2.23. The molecule has 0 aliphatic carbocycles. The van der Waals surface area contributed by atoms with Gasteiger partial charge in [-0.1, -0.05) is 0 Å². The van der Waals surface area contributed by atoms with Crippen LogP contribution in [0.1, 0.15) is 24.8 Å². The number of likely N-dealkylation sites (tertiary alicyclic amines) is 1. The molecule has 0 bridgehead atoms. The summed E-state index contributed by atoms with van der Waals surface area (Å²) in [5.74, 6) is -0.415. The highest BCUT2D eigenvalue weighted by molar-refractivity contribution is 5.28. The number of rotatable bonds is 4. The maximum Gasteiger partial charge on any atom is 0.290 e. The summed E-state index contributed by atoms with van der Waals surface area (Å²) in [5, 5.41) is 7.25. The number of nitrogens with zero attached hydrogens (tertiary/aromatic N) is 1. The molecule has 0 radical (unpaired) electrons. The Hall–Kier alpha value is -1.09. The fourth-order valence-corrected chi connectivity index (χ4v) is 2.23. The smallest absolute Gasteiger partial charge is 0.290 e. The van der Waals surface area contributed by atoms with Crippen LogP contribution >= 0.6 is 0 Å². The predicted molar refractivity (Wildman–Crippen MR) is 63.5 cm³/mol. The zero-order chi connectivity index (χ0) is 11.4. The molecule has 0 atom stereocenters. The molecule has 2 nitrogen and oxygen atoms in total. The van der Waals surface area contributed by atoms with E-state index in [-0.39, 0.29) is 5.75 Å². The van der Waals surface area contributed by atoms with Gasteiger partial charge in [0, 0.05) is 6.07 Å². The molecule has 1 saturated heterocycles. The Labute approximate surface area is 95.7 Å². The van der Waals surface area contributed by atoms with Gasteiger partial charge in [0.1, 0.15) is 0 Å². The highest BCUT2D eigenvalue weighted by atomic mass is 19.1. The number of hydrogen-bond acceptors (Lipinski definition) is 1. The average Bonchev–Trinajstić information content (AvgIpc) is 2.76. The van der Waals surface area contributed by atoms with E-state index in [1.807, 2.05) is 6.07 Å². The molecule has 0 spiro atoms. The molecular weight excluding hydrogens is 205 g/mol. The van der Waals surface area contributed by atoms with Crippen molar-refractivity contribution in [3.63, 3.8) is 0 Å². The third kappa shape index (κ3) is 2.95. The second-order valence-electron chi connectivity index (χ2n) is 4.47. The predicted octanol–water partition coefficient (Wildman–Crippen LogP) is 2.29. The van der Waals surface area contributed by atoms with Gasteiger partial charge in [0.15, 0.2) is 0 Å². The van der Waals surface area contributed by atoms with Crippen LogP contribution in [0.25, 0.3) is 0 Å². The molecular formula is C13H19FNO+. The summed E-state index contributed by atoms with van der Waals surface area (Å²) in [6.07, 6.45) is 4.63. The summed E-state index contributed by atoms with van der Waals surface area (Å²) in [6.45, 7) is 3.56. The highest BCUT2D eigenvalue weighted by Crippen LogP contribution is 2.17. The molecule has 0 unspecified atom stereocenters. The maximum atomic E-state index is 13.1. The molecule has 2 rings (SSSR count). The van der Waals surface area contributed by atoms with Crippen molar-refractivity contribution in [1.29, 1.82) is 0 Å². The summed E-state index contributed by atoms with van der Waals surface area (Å²) < 4.78 is 13.1. The lowest BCUT2D eigenvalue weighted by Gasteiger charge is -2.13. The van der Waals surface area contributed by atoms with E-state index in [0.29, 0.717) is 0 Å². The number of benzene rings is 1. The van der Waals surface area contributed by atoms with Gasteiger partial charge in [0.2, 0.25) is 5.82 Å². The first-order valence-electron chi connectivity index (χ1n) is 5.98. The Balaban J connectivity index is 1.78. The van der Waals surface area contributed by atoms with Gasteiger partial charge in [-0.05, 0) is 63.0 Å². The van der Waals surface area contributed by atoms with Crippen LogP contribution < -0.4 is 0 Å². The molecule has 1 aliphatic heterocycles. The summed E-state index contributed by atoms with van der Waals surface area (Å²) in [6, 6.07) is 4.89. The molecule has 1 heterocycles. The van der Waals surface area contributed by atoms with E-state index < -0.39 is 5.82 Å². The normalized spacial score (nSPS) is 16.8. The molecule has 88 valence electrons. The van der Waals surface area contributed by atoms with Crippen LogP contribution in [0.2, 0.25) is 0 Å². The topological polar surface area (TPSA) is 26.1 Å². The SMILES string of the molecule is [OH2+]c1ccc(CCCN2CCCC2)cc1F. The van der Waals surface area contributed by atoms with Crippen LogP contribution in [0.5, 0.6) is 5.75 Å². The first kappa shape index (κ1) is 11.4. The number of hydrogen-bond donors (Lipinski definition) is 0. The van der Waals surface area contributed by atoms with Crippen LogP contribution in [0, 0.1) is 5.82 Å². The van der Waals surface area contributed by atoms with Gasteiger partial charge in [-0.15, -0.1) is 0 Å². The van der Waals surface area contributed by atoms with Gasteiger partial charge >= 0.3 is 0 Å². The monoisotopic (exact) mass is 224 g/mol. The van der Waals surface area contributed by atoms with Crippen LogP contribution in [0.3, 0.4) is 0 Å². The van der Waals surface area contributed by atoms with Crippen molar-refractivity contribution in [3.8, 4) is 5.75 Å². The lowest BCUT2D eigenvalue weighted by Crippen LogP contribution is -2.20. The summed E-state index contributed by atoms with van der Waals surface area (Å²) in [5.41, 5.74) is 1.01. The van der Waals surface area contributed by atoms with E-state index in [4.69, 9.17) is 5.11 Å². The lowest BCUT2D eigenvalue weighted by molar-refractivity contribution is 0.334. The summed E-state index contributed by atoms with van der Waals surface area (Å²) >= 11 is 0. The molecule has 16 heavy (non-hydrogen) atoms. The minimum Gasteiger partial charge on any atom is -0.591 e. The number of aryl methyl sites for hydroxylation is 1. The van der Waals surface area contributed by atoms with Crippen LogP contribution in [-0.2, 0) is 6.42 Å². The highest BCUT2D eigenvalue weighted by Gasteiger charge is 2.11. The Kier molecular flexibility index (Phi) is 3.78. The zero-order valence-corrected chi connectivity index (χ0v) is 9.51. The van der Waals surface area contributed by atoms with Crippen molar-refractivity contribution in [2.75, 3.05) is 19.6 Å². The molecule has 1 aromatic rings. The van der Waals surface area contributed by atoms with Crippen LogP contribution in [0.4, 0.5) is 4.39 Å².